The summed E-state index contributed by atoms with van der Waals surface area (Å²) >= 11 is 1.32. The van der Waals surface area contributed by atoms with Crippen molar-refractivity contribution in [3.05, 3.63) is 75.7 Å². The Balaban J connectivity index is 1.27. The molecule has 0 saturated carbocycles. The van der Waals surface area contributed by atoms with Gasteiger partial charge in [-0.25, -0.2) is 13.2 Å². The summed E-state index contributed by atoms with van der Waals surface area (Å²) in [6, 6.07) is 12.9. The molecule has 9 nitrogen and oxygen atoms in total. The van der Waals surface area contributed by atoms with Crippen molar-refractivity contribution < 1.29 is 27.5 Å². The number of carbonyl (C=O) groups excluding carboxylic acids is 3. The zero-order chi connectivity index (χ0) is 27.7. The molecule has 2 heterocycles. The Labute approximate surface area is 231 Å². The maximum atomic E-state index is 13.5. The third kappa shape index (κ3) is 5.41. The molecule has 39 heavy (non-hydrogen) atoms. The molecule has 0 fully saturated rings. The average Bonchev–Trinajstić information content (AvgIpc) is 3.28. The van der Waals surface area contributed by atoms with Gasteiger partial charge in [0.1, 0.15) is 5.00 Å². The molecule has 3 aromatic rings. The Morgan fingerprint density at radius 2 is 1.92 bits per heavy atom. The van der Waals surface area contributed by atoms with Crippen LogP contribution in [0.3, 0.4) is 0 Å². The number of nitrogens with one attached hydrogen (secondary N) is 1. The van der Waals surface area contributed by atoms with Crippen molar-refractivity contribution in [2.75, 3.05) is 22.8 Å². The van der Waals surface area contributed by atoms with E-state index < -0.39 is 34.4 Å². The number of para-hydroxylation sites is 1. The summed E-state index contributed by atoms with van der Waals surface area (Å²) in [7, 11) is -3.92. The number of thiophene rings is 1. The number of anilines is 2. The fraction of sp³-hybridized carbons (Fsp3) is 0.321. The molecule has 2 aliphatic rings. The van der Waals surface area contributed by atoms with Gasteiger partial charge in [0.2, 0.25) is 0 Å². The van der Waals surface area contributed by atoms with Crippen LogP contribution in [-0.2, 0) is 38.8 Å². The molecule has 0 radical (unpaired) electrons. The topological polar surface area (TPSA) is 136 Å². The Hall–Kier alpha value is -3.70. The first kappa shape index (κ1) is 26.9. The van der Waals surface area contributed by atoms with Crippen LogP contribution in [0.2, 0.25) is 0 Å². The molecule has 1 unspecified atom stereocenters. The van der Waals surface area contributed by atoms with Gasteiger partial charge in [0, 0.05) is 11.4 Å². The number of hydrogen-bond acceptors (Lipinski definition) is 7. The molecule has 204 valence electrons. The van der Waals surface area contributed by atoms with Gasteiger partial charge in [-0.05, 0) is 73.4 Å². The second-order valence-electron chi connectivity index (χ2n) is 9.88. The third-order valence-corrected chi connectivity index (χ3v) is 10.0. The Bertz CT molecular complexity index is 1560. The lowest BCUT2D eigenvalue weighted by atomic mass is 9.88. The number of ether oxygens (including phenoxy) is 1. The molecule has 1 aliphatic carbocycles. The van der Waals surface area contributed by atoms with Crippen molar-refractivity contribution in [2.45, 2.75) is 43.9 Å². The number of aryl methyl sites for hydroxylation is 1. The minimum absolute atomic E-state index is 0.00701. The van der Waals surface area contributed by atoms with Gasteiger partial charge < -0.3 is 15.8 Å². The lowest BCUT2D eigenvalue weighted by Crippen LogP contribution is -2.35. The van der Waals surface area contributed by atoms with Crippen LogP contribution in [-0.4, -0.2) is 39.4 Å². The minimum Gasteiger partial charge on any atom is -0.452 e. The van der Waals surface area contributed by atoms with Crippen molar-refractivity contribution in [2.24, 2.45) is 11.7 Å². The molecule has 1 aliphatic heterocycles. The second kappa shape index (κ2) is 10.8. The fourth-order valence-electron chi connectivity index (χ4n) is 5.14. The summed E-state index contributed by atoms with van der Waals surface area (Å²) in [6.07, 6.45) is 3.96. The molecule has 1 aromatic heterocycles. The predicted octanol–water partition coefficient (Wildman–Crippen LogP) is 3.91. The summed E-state index contributed by atoms with van der Waals surface area (Å²) in [5.41, 5.74) is 8.39. The van der Waals surface area contributed by atoms with Crippen LogP contribution in [0.15, 0.2) is 53.4 Å². The fourth-order valence-corrected chi connectivity index (χ4v) is 8.16. The molecule has 11 heteroatoms. The highest BCUT2D eigenvalue weighted by molar-refractivity contribution is 7.92. The standard InChI is InChI=1S/C28H29N3O6S2/c1-17-11-12-21-23(14-17)38-27(25(21)26(29)33)30-24(32)16-37-28(34)19-7-4-9-20(15-19)39(35,36)31-13-5-8-18-6-2-3-10-22(18)31/h2-4,6-7,9-10,15,17H,5,8,11-14,16H2,1H3,(H2,29,33)(H,30,32). The number of amides is 2. The Morgan fingerprint density at radius 1 is 1.13 bits per heavy atom. The van der Waals surface area contributed by atoms with Gasteiger partial charge in [-0.2, -0.15) is 0 Å². The number of fused-ring (bicyclic) bond motifs is 2. The van der Waals surface area contributed by atoms with Gasteiger partial charge in [0.25, 0.3) is 21.8 Å². The lowest BCUT2D eigenvalue weighted by molar-refractivity contribution is -0.119. The summed E-state index contributed by atoms with van der Waals surface area (Å²) in [5, 5.41) is 3.02. The van der Waals surface area contributed by atoms with Crippen molar-refractivity contribution >= 4 is 49.8 Å². The number of benzene rings is 2. The van der Waals surface area contributed by atoms with E-state index in [1.165, 1.54) is 39.9 Å². The van der Waals surface area contributed by atoms with E-state index >= 15 is 0 Å². The molecule has 0 saturated heterocycles. The number of nitrogens with two attached hydrogens (primary N) is 1. The molecule has 2 amide bonds. The Morgan fingerprint density at radius 3 is 2.72 bits per heavy atom. The first-order chi connectivity index (χ1) is 18.6. The van der Waals surface area contributed by atoms with E-state index in [4.69, 9.17) is 10.5 Å². The molecule has 5 rings (SSSR count). The normalized spacial score (nSPS) is 16.6. The van der Waals surface area contributed by atoms with E-state index in [1.54, 1.807) is 12.1 Å². The van der Waals surface area contributed by atoms with Gasteiger partial charge in [-0.1, -0.05) is 31.2 Å². The van der Waals surface area contributed by atoms with Gasteiger partial charge in [0.15, 0.2) is 6.61 Å². The zero-order valence-electron chi connectivity index (χ0n) is 21.4. The number of sulfonamides is 1. The van der Waals surface area contributed by atoms with E-state index in [2.05, 4.69) is 12.2 Å². The van der Waals surface area contributed by atoms with Crippen molar-refractivity contribution in [3.8, 4) is 0 Å². The van der Waals surface area contributed by atoms with Crippen LogP contribution in [0.25, 0.3) is 0 Å². The SMILES string of the molecule is CC1CCc2c(sc(NC(=O)COC(=O)c3cccc(S(=O)(=O)N4CCCc5ccccc54)c3)c2C(N)=O)C1. The van der Waals surface area contributed by atoms with Crippen LogP contribution in [0.1, 0.15) is 56.5 Å². The second-order valence-corrected chi connectivity index (χ2v) is 12.8. The molecule has 3 N–H and O–H groups in total. The quantitative estimate of drug-likeness (QED) is 0.416. The number of primary amides is 1. The molecular formula is C28H29N3O6S2. The van der Waals surface area contributed by atoms with E-state index in [1.807, 2.05) is 12.1 Å². The van der Waals surface area contributed by atoms with E-state index in [0.717, 1.165) is 41.7 Å². The van der Waals surface area contributed by atoms with Crippen LogP contribution in [0, 0.1) is 5.92 Å². The third-order valence-electron chi connectivity index (χ3n) is 7.07. The molecule has 1 atom stereocenters. The molecule has 0 spiro atoms. The van der Waals surface area contributed by atoms with Gasteiger partial charge >= 0.3 is 5.97 Å². The summed E-state index contributed by atoms with van der Waals surface area (Å²) in [5.74, 6) is -1.59. The largest absolute Gasteiger partial charge is 0.452 e. The van der Waals surface area contributed by atoms with Gasteiger partial charge in [-0.15, -0.1) is 11.3 Å². The summed E-state index contributed by atoms with van der Waals surface area (Å²) in [6.45, 7) is 1.87. The number of rotatable bonds is 7. The van der Waals surface area contributed by atoms with E-state index in [-0.39, 0.29) is 10.5 Å². The highest BCUT2D eigenvalue weighted by Gasteiger charge is 2.30. The van der Waals surface area contributed by atoms with Crippen LogP contribution in [0.4, 0.5) is 10.7 Å². The first-order valence-corrected chi connectivity index (χ1v) is 15.0. The van der Waals surface area contributed by atoms with Crippen LogP contribution in [0.5, 0.6) is 0 Å². The maximum Gasteiger partial charge on any atom is 0.338 e. The maximum absolute atomic E-state index is 13.5. The predicted molar refractivity (Wildman–Crippen MR) is 149 cm³/mol. The minimum atomic E-state index is -3.92. The van der Waals surface area contributed by atoms with E-state index in [9.17, 15) is 22.8 Å². The number of esters is 1. The summed E-state index contributed by atoms with van der Waals surface area (Å²) in [4.78, 5) is 38.5. The van der Waals surface area contributed by atoms with Crippen molar-refractivity contribution in [1.29, 1.82) is 0 Å². The van der Waals surface area contributed by atoms with Crippen LogP contribution >= 0.6 is 11.3 Å². The molecular weight excluding hydrogens is 538 g/mol. The van der Waals surface area contributed by atoms with Gasteiger partial charge in [0.05, 0.1) is 21.7 Å². The van der Waals surface area contributed by atoms with E-state index in [0.29, 0.717) is 35.1 Å². The zero-order valence-corrected chi connectivity index (χ0v) is 23.1. The molecule has 2 aromatic carbocycles. The summed E-state index contributed by atoms with van der Waals surface area (Å²) < 4.78 is 33.5. The number of hydrogen-bond donors (Lipinski definition) is 2. The highest BCUT2D eigenvalue weighted by Crippen LogP contribution is 2.39. The number of carbonyl (C=O) groups is 3. The lowest BCUT2D eigenvalue weighted by Gasteiger charge is -2.30. The average molecular weight is 568 g/mol. The van der Waals surface area contributed by atoms with Gasteiger partial charge in [-0.3, -0.25) is 13.9 Å². The number of nitrogens with zero attached hydrogens (tertiary/aromatic N) is 1. The smallest absolute Gasteiger partial charge is 0.338 e. The highest BCUT2D eigenvalue weighted by atomic mass is 32.2. The molecule has 0 bridgehead atoms. The van der Waals surface area contributed by atoms with Crippen LogP contribution < -0.4 is 15.4 Å². The van der Waals surface area contributed by atoms with Crippen molar-refractivity contribution in [3.63, 3.8) is 0 Å². The Kier molecular flexibility index (Phi) is 7.46. The first-order valence-electron chi connectivity index (χ1n) is 12.8. The monoisotopic (exact) mass is 567 g/mol. The van der Waals surface area contributed by atoms with Crippen molar-refractivity contribution in [1.82, 2.24) is 0 Å².